The summed E-state index contributed by atoms with van der Waals surface area (Å²) in [4.78, 5) is 20.7. The van der Waals surface area contributed by atoms with E-state index in [4.69, 9.17) is 9.73 Å². The molecule has 0 saturated heterocycles. The van der Waals surface area contributed by atoms with E-state index in [1.807, 2.05) is 34.9 Å². The highest BCUT2D eigenvalue weighted by molar-refractivity contribution is 7.10. The molecule has 4 nitrogen and oxygen atoms in total. The van der Waals surface area contributed by atoms with Gasteiger partial charge in [0.25, 0.3) is 5.56 Å². The predicted octanol–water partition coefficient (Wildman–Crippen LogP) is 4.95. The Bertz CT molecular complexity index is 1590. The Morgan fingerprint density at radius 3 is 2.74 bits per heavy atom. The fourth-order valence-electron chi connectivity index (χ4n) is 4.68. The zero-order chi connectivity index (χ0) is 23.1. The monoisotopic (exact) mass is 482 g/mol. The van der Waals surface area contributed by atoms with Crippen LogP contribution in [0.3, 0.4) is 0 Å². The molecule has 0 radical (unpaired) electrons. The van der Waals surface area contributed by atoms with Crippen LogP contribution in [0.5, 0.6) is 5.75 Å². The normalized spacial score (nSPS) is 16.9. The van der Waals surface area contributed by atoms with Crippen LogP contribution in [0.2, 0.25) is 0 Å². The zero-order valence-electron chi connectivity index (χ0n) is 18.4. The lowest BCUT2D eigenvalue weighted by atomic mass is 9.85. The highest BCUT2D eigenvalue weighted by atomic mass is 32.1. The van der Waals surface area contributed by atoms with Crippen LogP contribution in [0.15, 0.2) is 94.1 Å². The number of hydrogen-bond donors (Lipinski definition) is 0. The van der Waals surface area contributed by atoms with Crippen molar-refractivity contribution in [1.82, 2.24) is 4.57 Å². The van der Waals surface area contributed by atoms with Crippen molar-refractivity contribution in [2.45, 2.75) is 18.9 Å². The molecule has 1 unspecified atom stereocenters. The van der Waals surface area contributed by atoms with E-state index in [0.29, 0.717) is 11.1 Å². The van der Waals surface area contributed by atoms with Crippen LogP contribution in [-0.4, -0.2) is 11.2 Å². The van der Waals surface area contributed by atoms with Gasteiger partial charge in [-0.2, -0.15) is 0 Å². The number of hydrogen-bond acceptors (Lipinski definition) is 5. The molecule has 6 heteroatoms. The molecule has 0 bridgehead atoms. The van der Waals surface area contributed by atoms with Crippen molar-refractivity contribution in [3.8, 4) is 5.75 Å². The van der Waals surface area contributed by atoms with Gasteiger partial charge < -0.3 is 4.74 Å². The first-order valence-corrected chi connectivity index (χ1v) is 12.9. The summed E-state index contributed by atoms with van der Waals surface area (Å²) in [7, 11) is 0. The van der Waals surface area contributed by atoms with E-state index >= 15 is 0 Å². The van der Waals surface area contributed by atoms with E-state index < -0.39 is 0 Å². The third-order valence-corrected chi connectivity index (χ3v) is 8.14. The van der Waals surface area contributed by atoms with E-state index in [1.165, 1.54) is 32.9 Å². The second-order valence-corrected chi connectivity index (χ2v) is 10.3. The predicted molar refractivity (Wildman–Crippen MR) is 139 cm³/mol. The van der Waals surface area contributed by atoms with Crippen LogP contribution in [-0.2, 0) is 6.42 Å². The van der Waals surface area contributed by atoms with E-state index in [0.717, 1.165) is 34.7 Å². The van der Waals surface area contributed by atoms with Crippen molar-refractivity contribution in [3.05, 3.63) is 126 Å². The van der Waals surface area contributed by atoms with Gasteiger partial charge in [0.05, 0.1) is 16.3 Å². The second-order valence-electron chi connectivity index (χ2n) is 8.30. The Morgan fingerprint density at radius 2 is 1.94 bits per heavy atom. The minimum absolute atomic E-state index is 0.0135. The highest BCUT2D eigenvalue weighted by Crippen LogP contribution is 2.42. The molecule has 3 heterocycles. The Balaban J connectivity index is 1.51. The molecule has 2 aromatic heterocycles. The fraction of sp³-hybridized carbons (Fsp3) is 0.143. The summed E-state index contributed by atoms with van der Waals surface area (Å²) in [6, 6.07) is 20.4. The summed E-state index contributed by atoms with van der Waals surface area (Å²) in [5, 5.41) is 2.08. The first kappa shape index (κ1) is 21.1. The van der Waals surface area contributed by atoms with Crippen LogP contribution >= 0.6 is 22.7 Å². The first-order valence-electron chi connectivity index (χ1n) is 11.2. The van der Waals surface area contributed by atoms with Gasteiger partial charge in [0.1, 0.15) is 12.4 Å². The quantitative estimate of drug-likeness (QED) is 0.378. The molecule has 0 spiro atoms. The number of aryl methyl sites for hydroxylation is 1. The molecular weight excluding hydrogens is 460 g/mol. The number of ether oxygens (including phenoxy) is 1. The van der Waals surface area contributed by atoms with Crippen molar-refractivity contribution in [2.75, 3.05) is 6.61 Å². The fourth-order valence-corrected chi connectivity index (χ4v) is 6.53. The van der Waals surface area contributed by atoms with Gasteiger partial charge in [-0.25, -0.2) is 4.99 Å². The number of thiophene rings is 1. The molecule has 4 aromatic rings. The minimum atomic E-state index is -0.101. The molecule has 34 heavy (non-hydrogen) atoms. The number of fused-ring (bicyclic) bond motifs is 3. The molecule has 2 aromatic carbocycles. The highest BCUT2D eigenvalue weighted by Gasteiger charge is 2.32. The summed E-state index contributed by atoms with van der Waals surface area (Å²) >= 11 is 3.16. The molecule has 0 amide bonds. The van der Waals surface area contributed by atoms with Crippen molar-refractivity contribution >= 4 is 34.4 Å². The lowest BCUT2D eigenvalue weighted by Crippen LogP contribution is -2.38. The van der Waals surface area contributed by atoms with Gasteiger partial charge in [-0.15, -0.1) is 11.3 Å². The first-order chi connectivity index (χ1) is 16.7. The molecular formula is C28H22N2O2S2. The molecule has 0 fully saturated rings. The Kier molecular flexibility index (Phi) is 5.40. The van der Waals surface area contributed by atoms with Crippen LogP contribution < -0.4 is 19.6 Å². The third kappa shape index (κ3) is 3.59. The second kappa shape index (κ2) is 8.70. The van der Waals surface area contributed by atoms with Crippen LogP contribution in [0.25, 0.3) is 11.8 Å². The van der Waals surface area contributed by atoms with Crippen molar-refractivity contribution in [3.63, 3.8) is 0 Å². The number of nitrogens with zero attached hydrogens (tertiary/aromatic N) is 2. The van der Waals surface area contributed by atoms with Crippen LogP contribution in [0.4, 0.5) is 0 Å². The Labute approximate surface area is 205 Å². The Morgan fingerprint density at radius 1 is 1.09 bits per heavy atom. The maximum absolute atomic E-state index is 13.7. The van der Waals surface area contributed by atoms with Gasteiger partial charge in [-0.05, 0) is 59.2 Å². The standard InChI is InChI=1S/C28H22N2O2S2/c1-2-15-32-20-12-9-18(10-13-20)17-24-27(31)30-26(23-8-5-16-33-23)22-14-11-19-6-3-4-7-21(19)25(22)29-28(30)34-24/h2-10,12-13,16-17,26H,1,11,14-15H2. The van der Waals surface area contributed by atoms with Gasteiger partial charge in [0.2, 0.25) is 0 Å². The molecule has 6 rings (SSSR count). The van der Waals surface area contributed by atoms with Crippen LogP contribution in [0, 0.1) is 0 Å². The molecule has 1 atom stereocenters. The molecule has 0 saturated carbocycles. The van der Waals surface area contributed by atoms with Crippen LogP contribution in [0.1, 0.15) is 34.0 Å². The largest absolute Gasteiger partial charge is 0.490 e. The number of rotatable bonds is 5. The SMILES string of the molecule is C=CCOc1ccc(C=c2sc3n(c2=O)C(c2cccs2)C2=C(N=3)c3ccccc3CC2)cc1. The van der Waals surface area contributed by atoms with Gasteiger partial charge in [0, 0.05) is 10.4 Å². The zero-order valence-corrected chi connectivity index (χ0v) is 20.1. The number of allylic oxidation sites excluding steroid dienone is 1. The molecule has 168 valence electrons. The minimum Gasteiger partial charge on any atom is -0.490 e. The van der Waals surface area contributed by atoms with E-state index in [1.54, 1.807) is 17.4 Å². The van der Waals surface area contributed by atoms with Gasteiger partial charge in [0.15, 0.2) is 4.80 Å². The van der Waals surface area contributed by atoms with E-state index in [2.05, 4.69) is 48.4 Å². The summed E-state index contributed by atoms with van der Waals surface area (Å²) in [6.45, 7) is 4.14. The van der Waals surface area contributed by atoms with Crippen molar-refractivity contribution in [1.29, 1.82) is 0 Å². The number of aromatic nitrogens is 1. The Hall–Kier alpha value is -3.48. The van der Waals surface area contributed by atoms with E-state index in [-0.39, 0.29) is 11.6 Å². The van der Waals surface area contributed by atoms with Gasteiger partial charge in [-0.1, -0.05) is 66.5 Å². The number of benzene rings is 2. The smallest absolute Gasteiger partial charge is 0.271 e. The summed E-state index contributed by atoms with van der Waals surface area (Å²) in [5.74, 6) is 0.780. The molecule has 1 aliphatic carbocycles. The van der Waals surface area contributed by atoms with Gasteiger partial charge in [-0.3, -0.25) is 9.36 Å². The maximum atomic E-state index is 13.7. The molecule has 2 aliphatic rings. The van der Waals surface area contributed by atoms with Crippen molar-refractivity contribution in [2.24, 2.45) is 4.99 Å². The summed E-state index contributed by atoms with van der Waals surface area (Å²) < 4.78 is 8.16. The topological polar surface area (TPSA) is 43.6 Å². The average Bonchev–Trinajstić information content (AvgIpc) is 3.51. The molecule has 1 aliphatic heterocycles. The lowest BCUT2D eigenvalue weighted by molar-refractivity contribution is 0.363. The summed E-state index contributed by atoms with van der Waals surface area (Å²) in [6.07, 6.45) is 5.55. The average molecular weight is 483 g/mol. The van der Waals surface area contributed by atoms with Crippen molar-refractivity contribution < 1.29 is 4.74 Å². The van der Waals surface area contributed by atoms with Gasteiger partial charge >= 0.3 is 0 Å². The molecule has 0 N–H and O–H groups in total. The summed E-state index contributed by atoms with van der Waals surface area (Å²) in [5.41, 5.74) is 5.77. The number of thiazole rings is 1. The lowest BCUT2D eigenvalue weighted by Gasteiger charge is -2.30. The third-order valence-electron chi connectivity index (χ3n) is 6.23. The maximum Gasteiger partial charge on any atom is 0.271 e. The van der Waals surface area contributed by atoms with E-state index in [9.17, 15) is 4.79 Å².